The van der Waals surface area contributed by atoms with Gasteiger partial charge in [-0.2, -0.15) is 0 Å². The van der Waals surface area contributed by atoms with Crippen molar-refractivity contribution in [3.8, 4) is 5.69 Å². The van der Waals surface area contributed by atoms with Crippen molar-refractivity contribution in [1.82, 2.24) is 14.5 Å². The lowest BCUT2D eigenvalue weighted by Gasteiger charge is -2.33. The molecule has 3 aromatic rings. The molecule has 1 atom stereocenters. The molecule has 0 aliphatic carbocycles. The van der Waals surface area contributed by atoms with Crippen LogP contribution in [0.2, 0.25) is 0 Å². The first-order valence-corrected chi connectivity index (χ1v) is 9.00. The van der Waals surface area contributed by atoms with E-state index in [0.717, 1.165) is 47.5 Å². The molecule has 1 aliphatic rings. The first-order chi connectivity index (χ1) is 12.1. The van der Waals surface area contributed by atoms with Crippen LogP contribution < -0.4 is 0 Å². The fourth-order valence-corrected chi connectivity index (χ4v) is 3.80. The van der Waals surface area contributed by atoms with Gasteiger partial charge in [-0.05, 0) is 63.4 Å². The maximum absolute atomic E-state index is 12.9. The Kier molecular flexibility index (Phi) is 4.04. The van der Waals surface area contributed by atoms with Crippen LogP contribution in [0.25, 0.3) is 16.7 Å². The highest BCUT2D eigenvalue weighted by Crippen LogP contribution is 2.24. The first kappa shape index (κ1) is 15.9. The van der Waals surface area contributed by atoms with Crippen molar-refractivity contribution in [3.63, 3.8) is 0 Å². The number of fused-ring (bicyclic) bond motifs is 1. The molecule has 0 bridgehead atoms. The molecule has 0 N–H and O–H groups in total. The lowest BCUT2D eigenvalue weighted by Crippen LogP contribution is -2.42. The Bertz CT molecular complexity index is 914. The van der Waals surface area contributed by atoms with Gasteiger partial charge in [-0.3, -0.25) is 9.36 Å². The van der Waals surface area contributed by atoms with E-state index in [0.29, 0.717) is 6.04 Å². The number of aromatic nitrogens is 2. The van der Waals surface area contributed by atoms with Crippen LogP contribution in [0, 0.1) is 6.92 Å². The summed E-state index contributed by atoms with van der Waals surface area (Å²) >= 11 is 0. The lowest BCUT2D eigenvalue weighted by atomic mass is 10.0. The molecular formula is C21H23N3O. The Morgan fingerprint density at radius 2 is 1.92 bits per heavy atom. The van der Waals surface area contributed by atoms with Gasteiger partial charge in [-0.1, -0.05) is 18.2 Å². The van der Waals surface area contributed by atoms with Crippen molar-refractivity contribution in [1.29, 1.82) is 0 Å². The standard InChI is InChI=1S/C21H23N3O/c1-15-8-6-7-13-23(15)21(25)17-11-12-20-19(14-17)22-16(2)24(20)18-9-4-3-5-10-18/h3-5,9-12,14-15H,6-8,13H2,1-2H3. The van der Waals surface area contributed by atoms with Gasteiger partial charge >= 0.3 is 0 Å². The number of para-hydroxylation sites is 1. The summed E-state index contributed by atoms with van der Waals surface area (Å²) in [4.78, 5) is 19.6. The highest BCUT2D eigenvalue weighted by atomic mass is 16.2. The smallest absolute Gasteiger partial charge is 0.254 e. The van der Waals surface area contributed by atoms with Gasteiger partial charge in [0.25, 0.3) is 5.91 Å². The molecule has 1 aromatic heterocycles. The van der Waals surface area contributed by atoms with Crippen LogP contribution in [0.15, 0.2) is 48.5 Å². The molecule has 1 aliphatic heterocycles. The van der Waals surface area contributed by atoms with Gasteiger partial charge in [0.1, 0.15) is 5.82 Å². The van der Waals surface area contributed by atoms with Gasteiger partial charge in [0.05, 0.1) is 11.0 Å². The molecular weight excluding hydrogens is 310 g/mol. The second kappa shape index (κ2) is 6.36. The molecule has 4 nitrogen and oxygen atoms in total. The largest absolute Gasteiger partial charge is 0.336 e. The zero-order valence-electron chi connectivity index (χ0n) is 14.8. The van der Waals surface area contributed by atoms with Gasteiger partial charge in [0.15, 0.2) is 0 Å². The maximum Gasteiger partial charge on any atom is 0.254 e. The molecule has 0 spiro atoms. The summed E-state index contributed by atoms with van der Waals surface area (Å²) in [7, 11) is 0. The van der Waals surface area contributed by atoms with Gasteiger partial charge in [0, 0.05) is 23.8 Å². The van der Waals surface area contributed by atoms with E-state index in [2.05, 4.69) is 28.6 Å². The summed E-state index contributed by atoms with van der Waals surface area (Å²) < 4.78 is 2.13. The van der Waals surface area contributed by atoms with Crippen LogP contribution in [0.4, 0.5) is 0 Å². The molecule has 1 amide bonds. The van der Waals surface area contributed by atoms with Gasteiger partial charge in [0.2, 0.25) is 0 Å². The number of benzene rings is 2. The van der Waals surface area contributed by atoms with Crippen LogP contribution in [0.5, 0.6) is 0 Å². The summed E-state index contributed by atoms with van der Waals surface area (Å²) in [5.74, 6) is 1.05. The molecule has 1 saturated heterocycles. The number of carbonyl (C=O) groups excluding carboxylic acids is 1. The highest BCUT2D eigenvalue weighted by Gasteiger charge is 2.24. The fourth-order valence-electron chi connectivity index (χ4n) is 3.80. The van der Waals surface area contributed by atoms with Crippen molar-refractivity contribution in [2.75, 3.05) is 6.54 Å². The zero-order valence-corrected chi connectivity index (χ0v) is 14.8. The number of amides is 1. The summed E-state index contributed by atoms with van der Waals surface area (Å²) in [6.07, 6.45) is 3.40. The van der Waals surface area contributed by atoms with Crippen LogP contribution in [0.3, 0.4) is 0 Å². The number of rotatable bonds is 2. The molecule has 25 heavy (non-hydrogen) atoms. The molecule has 2 heterocycles. The Morgan fingerprint density at radius 3 is 2.68 bits per heavy atom. The number of nitrogens with zero attached hydrogens (tertiary/aromatic N) is 3. The summed E-state index contributed by atoms with van der Waals surface area (Å²) in [6, 6.07) is 16.4. The van der Waals surface area contributed by atoms with E-state index < -0.39 is 0 Å². The van der Waals surface area contributed by atoms with Gasteiger partial charge in [-0.25, -0.2) is 4.98 Å². The molecule has 4 rings (SSSR count). The third-order valence-electron chi connectivity index (χ3n) is 5.15. The van der Waals surface area contributed by atoms with E-state index >= 15 is 0 Å². The third kappa shape index (κ3) is 2.82. The predicted molar refractivity (Wildman–Crippen MR) is 100 cm³/mol. The fraction of sp³-hybridized carbons (Fsp3) is 0.333. The molecule has 0 saturated carbocycles. The molecule has 1 unspecified atom stereocenters. The Hall–Kier alpha value is -2.62. The minimum Gasteiger partial charge on any atom is -0.336 e. The van der Waals surface area contributed by atoms with E-state index in [1.165, 1.54) is 6.42 Å². The minimum absolute atomic E-state index is 0.126. The highest BCUT2D eigenvalue weighted by molar-refractivity contribution is 5.98. The molecule has 128 valence electrons. The van der Waals surface area contributed by atoms with Gasteiger partial charge < -0.3 is 4.90 Å². The summed E-state index contributed by atoms with van der Waals surface area (Å²) in [5, 5.41) is 0. The van der Waals surface area contributed by atoms with Crippen LogP contribution in [-0.4, -0.2) is 32.9 Å². The topological polar surface area (TPSA) is 38.1 Å². The van der Waals surface area contributed by atoms with E-state index in [9.17, 15) is 4.79 Å². The molecule has 4 heteroatoms. The Labute approximate surface area is 148 Å². The lowest BCUT2D eigenvalue weighted by molar-refractivity contribution is 0.0636. The van der Waals surface area contributed by atoms with E-state index in [-0.39, 0.29) is 5.91 Å². The van der Waals surface area contributed by atoms with Crippen molar-refractivity contribution in [3.05, 3.63) is 59.9 Å². The summed E-state index contributed by atoms with van der Waals surface area (Å²) in [6.45, 7) is 5.00. The van der Waals surface area contributed by atoms with Crippen LogP contribution in [0.1, 0.15) is 42.4 Å². The average Bonchev–Trinajstić information content (AvgIpc) is 2.97. The first-order valence-electron chi connectivity index (χ1n) is 9.00. The van der Waals surface area contributed by atoms with Crippen molar-refractivity contribution < 1.29 is 4.79 Å². The maximum atomic E-state index is 12.9. The second-order valence-electron chi connectivity index (χ2n) is 6.88. The number of hydrogen-bond acceptors (Lipinski definition) is 2. The van der Waals surface area contributed by atoms with Crippen LogP contribution >= 0.6 is 0 Å². The van der Waals surface area contributed by atoms with E-state index in [1.54, 1.807) is 0 Å². The second-order valence-corrected chi connectivity index (χ2v) is 6.88. The summed E-state index contributed by atoms with van der Waals surface area (Å²) in [5.41, 5.74) is 3.73. The normalized spacial score (nSPS) is 17.8. The van der Waals surface area contributed by atoms with E-state index in [4.69, 9.17) is 0 Å². The van der Waals surface area contributed by atoms with Crippen molar-refractivity contribution >= 4 is 16.9 Å². The molecule has 0 radical (unpaired) electrons. The minimum atomic E-state index is 0.126. The third-order valence-corrected chi connectivity index (χ3v) is 5.15. The predicted octanol–water partition coefficient (Wildman–Crippen LogP) is 4.35. The Morgan fingerprint density at radius 1 is 1.12 bits per heavy atom. The number of likely N-dealkylation sites (tertiary alicyclic amines) is 1. The number of piperidine rings is 1. The number of hydrogen-bond donors (Lipinski definition) is 0. The van der Waals surface area contributed by atoms with Crippen molar-refractivity contribution in [2.24, 2.45) is 0 Å². The number of imidazole rings is 1. The average molecular weight is 333 g/mol. The quantitative estimate of drug-likeness (QED) is 0.699. The van der Waals surface area contributed by atoms with E-state index in [1.807, 2.05) is 48.2 Å². The van der Waals surface area contributed by atoms with Crippen molar-refractivity contribution in [2.45, 2.75) is 39.2 Å². The molecule has 2 aromatic carbocycles. The monoisotopic (exact) mass is 333 g/mol. The zero-order chi connectivity index (χ0) is 17.4. The number of carbonyl (C=O) groups is 1. The SMILES string of the molecule is Cc1nc2cc(C(=O)N3CCCCC3C)ccc2n1-c1ccccc1. The Balaban J connectivity index is 1.73. The van der Waals surface area contributed by atoms with Crippen LogP contribution in [-0.2, 0) is 0 Å². The van der Waals surface area contributed by atoms with Gasteiger partial charge in [-0.15, -0.1) is 0 Å². The molecule has 1 fully saturated rings. The number of aryl methyl sites for hydroxylation is 1.